The van der Waals surface area contributed by atoms with E-state index in [4.69, 9.17) is 6.57 Å². The van der Waals surface area contributed by atoms with Crippen molar-refractivity contribution in [3.63, 3.8) is 0 Å². The lowest BCUT2D eigenvalue weighted by atomic mass is 9.90. The number of aromatic nitrogens is 3. The fourth-order valence-corrected chi connectivity index (χ4v) is 3.55. The zero-order valence-corrected chi connectivity index (χ0v) is 15.1. The fraction of sp³-hybridized carbons (Fsp3) is 0.238. The molecule has 1 aliphatic rings. The third-order valence-electron chi connectivity index (χ3n) is 5.00. The molecule has 0 aliphatic carbocycles. The molecule has 0 radical (unpaired) electrons. The summed E-state index contributed by atoms with van der Waals surface area (Å²) in [6.07, 6.45) is 5.47. The first kappa shape index (κ1) is 17.9. The Balaban J connectivity index is 1.51. The summed E-state index contributed by atoms with van der Waals surface area (Å²) in [6, 6.07) is 10.2. The maximum absolute atomic E-state index is 13.9. The summed E-state index contributed by atoms with van der Waals surface area (Å²) in [6.45, 7) is 7.55. The molecule has 6 nitrogen and oxygen atoms in total. The lowest BCUT2D eigenvalue weighted by molar-refractivity contribution is -0.123. The standard InChI is InChI=1S/C21H18FN5O/c1-23-18-5-4-14(12-17(18)22)11-16-3-2-10-27(21(16)28)20-13-19(25-26-20)15-6-8-24-9-7-15/h4-9,12-13,16H,2-3,10-11H2,(H,25,26)/t16-/m1/s1. The Morgan fingerprint density at radius 3 is 2.82 bits per heavy atom. The minimum Gasteiger partial charge on any atom is -0.295 e. The Kier molecular flexibility index (Phi) is 4.85. The van der Waals surface area contributed by atoms with E-state index in [-0.39, 0.29) is 17.5 Å². The molecule has 1 atom stereocenters. The van der Waals surface area contributed by atoms with Crippen LogP contribution in [0.1, 0.15) is 18.4 Å². The van der Waals surface area contributed by atoms with Crippen LogP contribution in [0.25, 0.3) is 16.1 Å². The molecular weight excluding hydrogens is 357 g/mol. The van der Waals surface area contributed by atoms with Gasteiger partial charge in [-0.25, -0.2) is 9.24 Å². The fourth-order valence-electron chi connectivity index (χ4n) is 3.55. The highest BCUT2D eigenvalue weighted by molar-refractivity contribution is 5.95. The van der Waals surface area contributed by atoms with E-state index in [1.807, 2.05) is 18.2 Å². The zero-order valence-electron chi connectivity index (χ0n) is 15.1. The number of halogens is 1. The van der Waals surface area contributed by atoms with Crippen LogP contribution in [0, 0.1) is 18.3 Å². The van der Waals surface area contributed by atoms with Gasteiger partial charge < -0.3 is 0 Å². The number of anilines is 1. The van der Waals surface area contributed by atoms with Crippen molar-refractivity contribution in [2.24, 2.45) is 5.92 Å². The highest BCUT2D eigenvalue weighted by Crippen LogP contribution is 2.29. The van der Waals surface area contributed by atoms with Crippen LogP contribution in [0.15, 0.2) is 48.8 Å². The van der Waals surface area contributed by atoms with E-state index in [9.17, 15) is 9.18 Å². The maximum Gasteiger partial charge on any atom is 0.231 e. The summed E-state index contributed by atoms with van der Waals surface area (Å²) in [7, 11) is 0. The highest BCUT2D eigenvalue weighted by atomic mass is 19.1. The van der Waals surface area contributed by atoms with Crippen molar-refractivity contribution < 1.29 is 9.18 Å². The molecule has 1 amide bonds. The molecule has 1 aromatic carbocycles. The Hall–Kier alpha value is -3.53. The van der Waals surface area contributed by atoms with E-state index < -0.39 is 5.82 Å². The second kappa shape index (κ2) is 7.61. The van der Waals surface area contributed by atoms with Crippen LogP contribution < -0.4 is 4.90 Å². The molecule has 4 rings (SSSR count). The SMILES string of the molecule is [C-]#[N+]c1ccc(C[C@H]2CCCN(c3cc(-c4ccncc4)[nH]n3)C2=O)cc1F. The van der Waals surface area contributed by atoms with Crippen LogP contribution in [0.5, 0.6) is 0 Å². The number of hydrogen-bond acceptors (Lipinski definition) is 3. The normalized spacial score (nSPS) is 16.8. The predicted molar refractivity (Wildman–Crippen MR) is 103 cm³/mol. The Bertz CT molecular complexity index is 1040. The average Bonchev–Trinajstić information content (AvgIpc) is 3.20. The van der Waals surface area contributed by atoms with Gasteiger partial charge in [-0.15, -0.1) is 0 Å². The number of carbonyl (C=O) groups excluding carboxylic acids is 1. The van der Waals surface area contributed by atoms with Crippen molar-refractivity contribution in [1.29, 1.82) is 0 Å². The van der Waals surface area contributed by atoms with E-state index in [0.717, 1.165) is 29.7 Å². The van der Waals surface area contributed by atoms with Crippen LogP contribution in [-0.4, -0.2) is 27.6 Å². The van der Waals surface area contributed by atoms with E-state index in [0.29, 0.717) is 18.8 Å². The molecule has 28 heavy (non-hydrogen) atoms. The number of benzene rings is 1. The molecule has 3 aromatic rings. The summed E-state index contributed by atoms with van der Waals surface area (Å²) in [4.78, 5) is 21.8. The van der Waals surface area contributed by atoms with Gasteiger partial charge in [-0.05, 0) is 43.0 Å². The first-order valence-electron chi connectivity index (χ1n) is 9.09. The van der Waals surface area contributed by atoms with Crippen LogP contribution in [-0.2, 0) is 11.2 Å². The summed E-state index contributed by atoms with van der Waals surface area (Å²) in [5.41, 5.74) is 2.50. The second-order valence-corrected chi connectivity index (χ2v) is 6.81. The van der Waals surface area contributed by atoms with Gasteiger partial charge in [-0.2, -0.15) is 5.10 Å². The molecule has 140 valence electrons. The van der Waals surface area contributed by atoms with E-state index in [1.54, 1.807) is 23.4 Å². The van der Waals surface area contributed by atoms with Gasteiger partial charge >= 0.3 is 0 Å². The molecule has 0 unspecified atom stereocenters. The summed E-state index contributed by atoms with van der Waals surface area (Å²) in [5, 5.41) is 7.29. The third-order valence-corrected chi connectivity index (χ3v) is 5.00. The van der Waals surface area contributed by atoms with Gasteiger partial charge in [0, 0.05) is 36.5 Å². The minimum atomic E-state index is -0.540. The first-order chi connectivity index (χ1) is 13.7. The monoisotopic (exact) mass is 375 g/mol. The molecule has 3 heterocycles. The molecule has 1 N–H and O–H groups in total. The number of pyridine rings is 1. The molecule has 1 fully saturated rings. The molecule has 1 saturated heterocycles. The Labute approximate surface area is 161 Å². The van der Waals surface area contributed by atoms with E-state index >= 15 is 0 Å². The molecule has 0 saturated carbocycles. The summed E-state index contributed by atoms with van der Waals surface area (Å²) >= 11 is 0. The second-order valence-electron chi connectivity index (χ2n) is 6.81. The van der Waals surface area contributed by atoms with Crippen LogP contribution in [0.2, 0.25) is 0 Å². The quantitative estimate of drug-likeness (QED) is 0.697. The van der Waals surface area contributed by atoms with Crippen molar-refractivity contribution in [3.8, 4) is 11.3 Å². The third kappa shape index (κ3) is 3.49. The highest BCUT2D eigenvalue weighted by Gasteiger charge is 2.31. The van der Waals surface area contributed by atoms with Gasteiger partial charge in [0.1, 0.15) is 5.82 Å². The first-order valence-corrected chi connectivity index (χ1v) is 9.09. The number of nitrogens with zero attached hydrogens (tertiary/aromatic N) is 4. The van der Waals surface area contributed by atoms with Gasteiger partial charge in [0.05, 0.1) is 12.3 Å². The lowest BCUT2D eigenvalue weighted by Gasteiger charge is -2.30. The minimum absolute atomic E-state index is 0.000473. The van der Waals surface area contributed by atoms with E-state index in [1.165, 1.54) is 12.1 Å². The smallest absolute Gasteiger partial charge is 0.231 e. The van der Waals surface area contributed by atoms with Gasteiger partial charge in [0.2, 0.25) is 11.6 Å². The number of aromatic amines is 1. The summed E-state index contributed by atoms with van der Waals surface area (Å²) in [5.74, 6) is -0.181. The molecule has 0 bridgehead atoms. The lowest BCUT2D eigenvalue weighted by Crippen LogP contribution is -2.42. The van der Waals surface area contributed by atoms with Crippen LogP contribution in [0.3, 0.4) is 0 Å². The van der Waals surface area contributed by atoms with Gasteiger partial charge in [-0.3, -0.25) is 19.8 Å². The molecule has 0 spiro atoms. The predicted octanol–water partition coefficient (Wildman–Crippen LogP) is 4.15. The van der Waals surface area contributed by atoms with Gasteiger partial charge in [-0.1, -0.05) is 12.1 Å². The number of H-pyrrole nitrogens is 1. The molecule has 2 aromatic heterocycles. The van der Waals surface area contributed by atoms with Crippen LogP contribution >= 0.6 is 0 Å². The largest absolute Gasteiger partial charge is 0.295 e. The average molecular weight is 375 g/mol. The topological polar surface area (TPSA) is 66.2 Å². The number of nitrogens with one attached hydrogen (secondary N) is 1. The van der Waals surface area contributed by atoms with Crippen molar-refractivity contribution in [2.75, 3.05) is 11.4 Å². The van der Waals surface area contributed by atoms with E-state index in [2.05, 4.69) is 20.0 Å². The van der Waals surface area contributed by atoms with Crippen molar-refractivity contribution in [3.05, 3.63) is 71.6 Å². The van der Waals surface area contributed by atoms with Crippen LogP contribution in [0.4, 0.5) is 15.9 Å². The van der Waals surface area contributed by atoms with Crippen molar-refractivity contribution in [1.82, 2.24) is 15.2 Å². The number of rotatable bonds is 4. The number of hydrogen-bond donors (Lipinski definition) is 1. The Morgan fingerprint density at radius 2 is 2.07 bits per heavy atom. The summed E-state index contributed by atoms with van der Waals surface area (Å²) < 4.78 is 13.9. The number of carbonyl (C=O) groups is 1. The maximum atomic E-state index is 13.9. The molecule has 1 aliphatic heterocycles. The number of piperidine rings is 1. The molecule has 7 heteroatoms. The van der Waals surface area contributed by atoms with Gasteiger partial charge in [0.15, 0.2) is 5.82 Å². The van der Waals surface area contributed by atoms with Gasteiger partial charge in [0.25, 0.3) is 0 Å². The number of amides is 1. The van der Waals surface area contributed by atoms with Crippen molar-refractivity contribution in [2.45, 2.75) is 19.3 Å². The Morgan fingerprint density at radius 1 is 1.25 bits per heavy atom. The zero-order chi connectivity index (χ0) is 19.5. The van der Waals surface area contributed by atoms with Crippen molar-refractivity contribution >= 4 is 17.4 Å². The molecular formula is C21H18FN5O.